The Morgan fingerprint density at radius 3 is 2.74 bits per heavy atom. The van der Waals surface area contributed by atoms with Crippen LogP contribution in [0.15, 0.2) is 71.3 Å². The number of amides is 1. The summed E-state index contributed by atoms with van der Waals surface area (Å²) in [6.45, 7) is 0.317. The number of methoxy groups -OCH3 is 1. The molecule has 2 aromatic carbocycles. The number of ether oxygens (including phenoxy) is 1. The van der Waals surface area contributed by atoms with Crippen molar-refractivity contribution in [3.63, 3.8) is 0 Å². The molecule has 0 radical (unpaired) electrons. The minimum atomic E-state index is -0.337. The van der Waals surface area contributed by atoms with E-state index in [0.717, 1.165) is 0 Å². The summed E-state index contributed by atoms with van der Waals surface area (Å²) < 4.78 is 24.3. The highest BCUT2D eigenvalue weighted by molar-refractivity contribution is 5.94. The molecule has 1 amide bonds. The molecule has 0 saturated heterocycles. The third kappa shape index (κ3) is 4.75. The predicted molar refractivity (Wildman–Crippen MR) is 112 cm³/mol. The molecule has 0 aliphatic carbocycles. The lowest BCUT2D eigenvalue weighted by molar-refractivity contribution is 0.0953. The van der Waals surface area contributed by atoms with E-state index in [1.165, 1.54) is 18.3 Å². The van der Waals surface area contributed by atoms with Gasteiger partial charge in [-0.25, -0.2) is 4.39 Å². The zero-order valence-electron chi connectivity index (χ0n) is 16.7. The Kier molecular flexibility index (Phi) is 5.98. The van der Waals surface area contributed by atoms with Crippen molar-refractivity contribution in [3.05, 3.63) is 84.1 Å². The van der Waals surface area contributed by atoms with Crippen LogP contribution in [0.25, 0.3) is 22.7 Å². The quantitative estimate of drug-likeness (QED) is 0.489. The highest BCUT2D eigenvalue weighted by Gasteiger charge is 2.13. The van der Waals surface area contributed by atoms with Crippen LogP contribution in [-0.4, -0.2) is 34.7 Å². The van der Waals surface area contributed by atoms with Gasteiger partial charge in [0.05, 0.1) is 23.9 Å². The maximum absolute atomic E-state index is 13.4. The second-order valence-electron chi connectivity index (χ2n) is 6.65. The van der Waals surface area contributed by atoms with Crippen molar-refractivity contribution in [1.82, 2.24) is 20.5 Å². The van der Waals surface area contributed by atoms with Gasteiger partial charge in [-0.05, 0) is 36.4 Å². The van der Waals surface area contributed by atoms with Crippen molar-refractivity contribution in [2.75, 3.05) is 13.7 Å². The molecule has 7 nitrogen and oxygen atoms in total. The van der Waals surface area contributed by atoms with Crippen LogP contribution in [0.3, 0.4) is 0 Å². The van der Waals surface area contributed by atoms with Gasteiger partial charge in [-0.15, -0.1) is 10.2 Å². The van der Waals surface area contributed by atoms with E-state index in [9.17, 15) is 9.18 Å². The fraction of sp³-hybridized carbons (Fsp3) is 0.130. The molecule has 156 valence electrons. The molecular weight excluding hydrogens is 399 g/mol. The number of para-hydroxylation sites is 1. The normalized spacial score (nSPS) is 10.6. The molecule has 0 bridgehead atoms. The topological polar surface area (TPSA) is 90.1 Å². The Morgan fingerprint density at radius 1 is 1.10 bits per heavy atom. The van der Waals surface area contributed by atoms with Crippen LogP contribution in [0, 0.1) is 5.82 Å². The lowest BCUT2D eigenvalue weighted by atomic mass is 10.1. The van der Waals surface area contributed by atoms with Gasteiger partial charge in [-0.2, -0.15) is 0 Å². The van der Waals surface area contributed by atoms with Crippen LogP contribution < -0.4 is 10.1 Å². The van der Waals surface area contributed by atoms with E-state index in [2.05, 4.69) is 20.5 Å². The molecule has 8 heteroatoms. The van der Waals surface area contributed by atoms with E-state index in [4.69, 9.17) is 9.15 Å². The number of carbonyl (C=O) groups excluding carboxylic acids is 1. The molecule has 0 aliphatic heterocycles. The third-order valence-corrected chi connectivity index (χ3v) is 4.57. The summed E-state index contributed by atoms with van der Waals surface area (Å²) in [5, 5.41) is 10.9. The van der Waals surface area contributed by atoms with E-state index < -0.39 is 0 Å². The Labute approximate surface area is 177 Å². The highest BCUT2D eigenvalue weighted by atomic mass is 19.1. The van der Waals surface area contributed by atoms with Gasteiger partial charge < -0.3 is 14.5 Å². The molecule has 0 unspecified atom stereocenters. The van der Waals surface area contributed by atoms with E-state index in [1.807, 2.05) is 24.3 Å². The first-order chi connectivity index (χ1) is 15.1. The first-order valence-electron chi connectivity index (χ1n) is 9.60. The third-order valence-electron chi connectivity index (χ3n) is 4.57. The van der Waals surface area contributed by atoms with Crippen molar-refractivity contribution in [2.45, 2.75) is 6.42 Å². The van der Waals surface area contributed by atoms with Crippen LogP contribution in [0.5, 0.6) is 5.75 Å². The van der Waals surface area contributed by atoms with E-state index in [1.54, 1.807) is 31.4 Å². The number of hydrogen-bond donors (Lipinski definition) is 1. The summed E-state index contributed by atoms with van der Waals surface area (Å²) in [7, 11) is 1.57. The number of nitrogens with zero attached hydrogens (tertiary/aromatic N) is 3. The smallest absolute Gasteiger partial charge is 0.252 e. The lowest BCUT2D eigenvalue weighted by Crippen LogP contribution is -2.25. The van der Waals surface area contributed by atoms with Gasteiger partial charge >= 0.3 is 0 Å². The highest BCUT2D eigenvalue weighted by Crippen LogP contribution is 2.28. The standard InChI is InChI=1S/C23H19FN4O3/c1-30-20-8-3-2-7-18(20)23-28-27-21(31-23)11-12-25-22(29)16-9-10-19(26-14-16)15-5-4-6-17(24)13-15/h2-10,13-14H,11-12H2,1H3,(H,25,29). The molecular formula is C23H19FN4O3. The Morgan fingerprint density at radius 2 is 1.97 bits per heavy atom. The fourth-order valence-electron chi connectivity index (χ4n) is 3.02. The summed E-state index contributed by atoms with van der Waals surface area (Å²) in [5.74, 6) is 0.788. The maximum atomic E-state index is 13.4. The van der Waals surface area contributed by atoms with Crippen LogP contribution in [0.2, 0.25) is 0 Å². The van der Waals surface area contributed by atoms with E-state index in [-0.39, 0.29) is 11.7 Å². The average Bonchev–Trinajstić information content (AvgIpc) is 3.28. The van der Waals surface area contributed by atoms with Crippen LogP contribution in [0.1, 0.15) is 16.2 Å². The van der Waals surface area contributed by atoms with Gasteiger partial charge in [-0.1, -0.05) is 24.3 Å². The van der Waals surface area contributed by atoms with Gasteiger partial charge in [-0.3, -0.25) is 9.78 Å². The molecule has 0 fully saturated rings. The largest absolute Gasteiger partial charge is 0.496 e. The number of carbonyl (C=O) groups is 1. The summed E-state index contributed by atoms with van der Waals surface area (Å²) >= 11 is 0. The van der Waals surface area contributed by atoms with Crippen molar-refractivity contribution in [1.29, 1.82) is 0 Å². The molecule has 4 rings (SSSR count). The SMILES string of the molecule is COc1ccccc1-c1nnc(CCNC(=O)c2ccc(-c3cccc(F)c3)nc2)o1. The number of rotatable bonds is 7. The first-order valence-corrected chi connectivity index (χ1v) is 9.60. The van der Waals surface area contributed by atoms with E-state index in [0.29, 0.717) is 52.9 Å². The molecule has 0 aliphatic rings. The van der Waals surface area contributed by atoms with Crippen LogP contribution in [-0.2, 0) is 6.42 Å². The number of nitrogens with one attached hydrogen (secondary N) is 1. The molecule has 1 N–H and O–H groups in total. The Bertz CT molecular complexity index is 1190. The zero-order valence-corrected chi connectivity index (χ0v) is 16.7. The number of halogens is 1. The molecule has 0 saturated carbocycles. The van der Waals surface area contributed by atoms with Gasteiger partial charge in [0.15, 0.2) is 0 Å². The molecule has 0 atom stereocenters. The minimum Gasteiger partial charge on any atom is -0.496 e. The molecule has 0 spiro atoms. The fourth-order valence-corrected chi connectivity index (χ4v) is 3.02. The predicted octanol–water partition coefficient (Wildman–Crippen LogP) is 3.92. The number of hydrogen-bond acceptors (Lipinski definition) is 6. The average molecular weight is 418 g/mol. The van der Waals surface area contributed by atoms with Crippen LogP contribution in [0.4, 0.5) is 4.39 Å². The lowest BCUT2D eigenvalue weighted by Gasteiger charge is -2.05. The van der Waals surface area contributed by atoms with Gasteiger partial charge in [0.25, 0.3) is 11.8 Å². The van der Waals surface area contributed by atoms with Crippen molar-refractivity contribution in [2.24, 2.45) is 0 Å². The molecule has 2 heterocycles. The summed E-state index contributed by atoms with van der Waals surface area (Å²) in [5.41, 5.74) is 2.35. The summed E-state index contributed by atoms with van der Waals surface area (Å²) in [4.78, 5) is 16.6. The minimum absolute atomic E-state index is 0.275. The van der Waals surface area contributed by atoms with Gasteiger partial charge in [0.2, 0.25) is 5.89 Å². The number of benzene rings is 2. The Balaban J connectivity index is 1.34. The van der Waals surface area contributed by atoms with E-state index >= 15 is 0 Å². The van der Waals surface area contributed by atoms with Gasteiger partial charge in [0, 0.05) is 24.7 Å². The Hall–Kier alpha value is -4.07. The summed E-state index contributed by atoms with van der Waals surface area (Å²) in [6.07, 6.45) is 1.84. The molecule has 31 heavy (non-hydrogen) atoms. The zero-order chi connectivity index (χ0) is 21.6. The van der Waals surface area contributed by atoms with Crippen molar-refractivity contribution >= 4 is 5.91 Å². The summed E-state index contributed by atoms with van der Waals surface area (Å²) in [6, 6.07) is 16.8. The monoisotopic (exact) mass is 418 g/mol. The molecule has 4 aromatic rings. The van der Waals surface area contributed by atoms with Crippen molar-refractivity contribution < 1.29 is 18.3 Å². The number of pyridine rings is 1. The van der Waals surface area contributed by atoms with Crippen molar-refractivity contribution in [3.8, 4) is 28.5 Å². The van der Waals surface area contributed by atoms with Gasteiger partial charge in [0.1, 0.15) is 11.6 Å². The second kappa shape index (κ2) is 9.17. The second-order valence-corrected chi connectivity index (χ2v) is 6.65. The van der Waals surface area contributed by atoms with Crippen LogP contribution >= 0.6 is 0 Å². The number of aromatic nitrogens is 3. The molecule has 2 aromatic heterocycles. The first kappa shape index (κ1) is 20.2. The maximum Gasteiger partial charge on any atom is 0.252 e.